The first kappa shape index (κ1) is 8.62. The molecule has 0 radical (unpaired) electrons. The molecular weight excluding hydrogens is 188 g/mol. The van der Waals surface area contributed by atoms with Gasteiger partial charge in [0, 0.05) is 16.2 Å². The number of aryl methyl sites for hydroxylation is 1. The van der Waals surface area contributed by atoms with Crippen molar-refractivity contribution >= 4 is 19.7 Å². The van der Waals surface area contributed by atoms with E-state index in [9.17, 15) is 8.42 Å². The number of halogens is 1. The highest BCUT2D eigenvalue weighted by atomic mass is 35.7. The van der Waals surface area contributed by atoms with E-state index >= 15 is 0 Å². The average Bonchev–Trinajstić information content (AvgIpc) is 2.31. The molecule has 1 aromatic heterocycles. The summed E-state index contributed by atoms with van der Waals surface area (Å²) in [5.41, 5.74) is 0.611. The molecule has 0 amide bonds. The summed E-state index contributed by atoms with van der Waals surface area (Å²) in [6.07, 6.45) is 1.91. The van der Waals surface area contributed by atoms with Gasteiger partial charge < -0.3 is 4.42 Å². The summed E-state index contributed by atoms with van der Waals surface area (Å²) in [6, 6.07) is 1.59. The summed E-state index contributed by atoms with van der Waals surface area (Å²) in [6.45, 7) is 1.83. The lowest BCUT2D eigenvalue weighted by Gasteiger charge is -1.92. The fourth-order valence-corrected chi connectivity index (χ4v) is 1.90. The molecule has 1 aromatic rings. The lowest BCUT2D eigenvalue weighted by Crippen LogP contribution is -1.91. The van der Waals surface area contributed by atoms with Crippen molar-refractivity contribution in [2.75, 3.05) is 0 Å². The van der Waals surface area contributed by atoms with E-state index in [0.717, 1.165) is 0 Å². The van der Waals surface area contributed by atoms with Crippen molar-refractivity contribution in [2.24, 2.45) is 0 Å². The second-order valence-corrected chi connectivity index (χ2v) is 4.49. The Balaban J connectivity index is 3.24. The molecule has 1 heterocycles. The highest BCUT2D eigenvalue weighted by Crippen LogP contribution is 2.20. The van der Waals surface area contributed by atoms with E-state index in [4.69, 9.17) is 15.1 Å². The maximum absolute atomic E-state index is 10.7. The van der Waals surface area contributed by atoms with Gasteiger partial charge in [0.25, 0.3) is 9.05 Å². The first-order chi connectivity index (χ1) is 5.05. The van der Waals surface area contributed by atoms with Gasteiger partial charge in [-0.1, -0.05) is 6.92 Å². The molecule has 0 aromatic carbocycles. The largest absolute Gasteiger partial charge is 0.451 e. The van der Waals surface area contributed by atoms with Gasteiger partial charge in [-0.05, 0) is 12.5 Å². The van der Waals surface area contributed by atoms with E-state index in [-0.39, 0.29) is 5.09 Å². The predicted octanol–water partition coefficient (Wildman–Crippen LogP) is 1.77. The second-order valence-electron chi connectivity index (χ2n) is 2.02. The molecule has 1 rings (SSSR count). The molecule has 0 aliphatic carbocycles. The zero-order chi connectivity index (χ0) is 8.48. The number of hydrogen-bond donors (Lipinski definition) is 0. The van der Waals surface area contributed by atoms with Crippen LogP contribution in [0.5, 0.6) is 0 Å². The minimum Gasteiger partial charge on any atom is -0.451 e. The van der Waals surface area contributed by atoms with Gasteiger partial charge in [0.15, 0.2) is 0 Å². The van der Waals surface area contributed by atoms with Crippen LogP contribution in [0.2, 0.25) is 0 Å². The second kappa shape index (κ2) is 2.87. The van der Waals surface area contributed by atoms with Gasteiger partial charge in [0.2, 0.25) is 5.09 Å². The Bertz CT molecular complexity index is 338. The van der Waals surface area contributed by atoms with Crippen LogP contribution in [-0.2, 0) is 15.5 Å². The van der Waals surface area contributed by atoms with Gasteiger partial charge in [-0.25, -0.2) is 8.42 Å². The van der Waals surface area contributed by atoms with Crippen molar-refractivity contribution in [1.82, 2.24) is 0 Å². The molecule has 0 saturated heterocycles. The number of hydrogen-bond acceptors (Lipinski definition) is 3. The van der Waals surface area contributed by atoms with E-state index in [2.05, 4.69) is 0 Å². The van der Waals surface area contributed by atoms with Gasteiger partial charge in [0.1, 0.15) is 0 Å². The summed E-state index contributed by atoms with van der Waals surface area (Å²) in [4.78, 5) is 0. The summed E-state index contributed by atoms with van der Waals surface area (Å²) >= 11 is 0. The first-order valence-electron chi connectivity index (χ1n) is 3.06. The molecule has 0 fully saturated rings. The Morgan fingerprint density at radius 2 is 2.27 bits per heavy atom. The molecule has 0 N–H and O–H groups in total. The molecule has 5 heteroatoms. The van der Waals surface area contributed by atoms with Gasteiger partial charge in [-0.2, -0.15) is 0 Å². The Labute approximate surface area is 69.4 Å². The lowest BCUT2D eigenvalue weighted by atomic mass is 10.3. The van der Waals surface area contributed by atoms with Crippen molar-refractivity contribution in [3.8, 4) is 0 Å². The zero-order valence-electron chi connectivity index (χ0n) is 5.87. The van der Waals surface area contributed by atoms with Crippen molar-refractivity contribution < 1.29 is 12.8 Å². The molecule has 0 aliphatic rings. The van der Waals surface area contributed by atoms with Crippen LogP contribution < -0.4 is 0 Å². The van der Waals surface area contributed by atoms with Crippen molar-refractivity contribution in [1.29, 1.82) is 0 Å². The van der Waals surface area contributed by atoms with Gasteiger partial charge in [-0.3, -0.25) is 0 Å². The monoisotopic (exact) mass is 194 g/mol. The normalized spacial score (nSPS) is 11.8. The van der Waals surface area contributed by atoms with Gasteiger partial charge in [-0.15, -0.1) is 0 Å². The molecule has 0 unspecified atom stereocenters. The predicted molar refractivity (Wildman–Crippen MR) is 41.1 cm³/mol. The van der Waals surface area contributed by atoms with Crippen molar-refractivity contribution in [3.05, 3.63) is 17.9 Å². The van der Waals surface area contributed by atoms with E-state index in [1.807, 2.05) is 6.92 Å². The maximum Gasteiger partial charge on any atom is 0.294 e. The quantitative estimate of drug-likeness (QED) is 0.675. The summed E-state index contributed by atoms with van der Waals surface area (Å²) in [5, 5.41) is -0.137. The third kappa shape index (κ3) is 1.75. The van der Waals surface area contributed by atoms with E-state index in [0.29, 0.717) is 12.0 Å². The summed E-state index contributed by atoms with van der Waals surface area (Å²) in [7, 11) is 1.37. The average molecular weight is 195 g/mol. The zero-order valence-corrected chi connectivity index (χ0v) is 7.45. The molecule has 11 heavy (non-hydrogen) atoms. The highest BCUT2D eigenvalue weighted by Gasteiger charge is 2.17. The Kier molecular flexibility index (Phi) is 2.25. The minimum absolute atomic E-state index is 0.137. The fraction of sp³-hybridized carbons (Fsp3) is 0.333. The van der Waals surface area contributed by atoms with Crippen LogP contribution >= 0.6 is 10.7 Å². The highest BCUT2D eigenvalue weighted by molar-refractivity contribution is 8.13. The van der Waals surface area contributed by atoms with Crippen LogP contribution in [0.1, 0.15) is 12.5 Å². The molecule has 3 nitrogen and oxygen atoms in total. The SMILES string of the molecule is CCc1ccoc1S(=O)(=O)Cl. The van der Waals surface area contributed by atoms with Gasteiger partial charge >= 0.3 is 0 Å². The van der Waals surface area contributed by atoms with E-state index < -0.39 is 9.05 Å². The van der Waals surface area contributed by atoms with Crippen LogP contribution in [-0.4, -0.2) is 8.42 Å². The van der Waals surface area contributed by atoms with Gasteiger partial charge in [0.05, 0.1) is 6.26 Å². The number of rotatable bonds is 2. The van der Waals surface area contributed by atoms with Crippen molar-refractivity contribution in [2.45, 2.75) is 18.4 Å². The number of furan rings is 1. The summed E-state index contributed by atoms with van der Waals surface area (Å²) in [5.74, 6) is 0. The molecule has 0 spiro atoms. The van der Waals surface area contributed by atoms with Crippen LogP contribution in [0.15, 0.2) is 21.8 Å². The van der Waals surface area contributed by atoms with Crippen LogP contribution in [0.3, 0.4) is 0 Å². The van der Waals surface area contributed by atoms with Crippen LogP contribution in [0.25, 0.3) is 0 Å². The Morgan fingerprint density at radius 1 is 1.64 bits per heavy atom. The molecule has 0 aliphatic heterocycles. The third-order valence-electron chi connectivity index (χ3n) is 1.31. The van der Waals surface area contributed by atoms with E-state index in [1.165, 1.54) is 6.26 Å². The van der Waals surface area contributed by atoms with Crippen LogP contribution in [0.4, 0.5) is 0 Å². The molecule has 62 valence electrons. The molecule has 0 atom stereocenters. The standard InChI is InChI=1S/C6H7ClO3S/c1-2-5-3-4-10-6(5)11(7,8)9/h3-4H,2H2,1H3. The maximum atomic E-state index is 10.7. The first-order valence-corrected chi connectivity index (χ1v) is 5.37. The summed E-state index contributed by atoms with van der Waals surface area (Å²) < 4.78 is 26.2. The smallest absolute Gasteiger partial charge is 0.294 e. The minimum atomic E-state index is -3.70. The Hall–Kier alpha value is -0.480. The molecule has 0 saturated carbocycles. The lowest BCUT2D eigenvalue weighted by molar-refractivity contribution is 0.449. The fourth-order valence-electron chi connectivity index (χ4n) is 0.798. The topological polar surface area (TPSA) is 47.3 Å². The molecular formula is C6H7ClO3S. The van der Waals surface area contributed by atoms with E-state index in [1.54, 1.807) is 6.07 Å². The van der Waals surface area contributed by atoms with Crippen LogP contribution in [0, 0.1) is 0 Å². The van der Waals surface area contributed by atoms with Crippen molar-refractivity contribution in [3.63, 3.8) is 0 Å². The third-order valence-corrected chi connectivity index (χ3v) is 2.53. The molecule has 0 bridgehead atoms. The Morgan fingerprint density at radius 3 is 2.64 bits per heavy atom.